The summed E-state index contributed by atoms with van der Waals surface area (Å²) in [5, 5.41) is 3.60. The molecule has 0 amide bonds. The molecule has 0 spiro atoms. The van der Waals surface area contributed by atoms with Crippen LogP contribution in [0.3, 0.4) is 0 Å². The van der Waals surface area contributed by atoms with Gasteiger partial charge in [0.1, 0.15) is 0 Å². The van der Waals surface area contributed by atoms with E-state index in [9.17, 15) is 0 Å². The molecule has 2 aliphatic rings. The van der Waals surface area contributed by atoms with E-state index in [0.717, 1.165) is 18.3 Å². The van der Waals surface area contributed by atoms with Crippen molar-refractivity contribution in [1.29, 1.82) is 0 Å². The standard InChI is InChI=1S/C16H24N2O3/c1-19-14-8-12(9-15(20-2)16(14)21-3)17-11-6-7-18(10-11)13-4-5-13/h8-9,11,13,17H,4-7,10H2,1-3H3. The summed E-state index contributed by atoms with van der Waals surface area (Å²) >= 11 is 0. The number of anilines is 1. The summed E-state index contributed by atoms with van der Waals surface area (Å²) in [5.41, 5.74) is 1.02. The monoisotopic (exact) mass is 292 g/mol. The molecule has 0 aromatic heterocycles. The van der Waals surface area contributed by atoms with Gasteiger partial charge in [0, 0.05) is 43.0 Å². The highest BCUT2D eigenvalue weighted by Gasteiger charge is 2.34. The molecule has 1 N–H and O–H groups in total. The van der Waals surface area contributed by atoms with Crippen molar-refractivity contribution < 1.29 is 14.2 Å². The lowest BCUT2D eigenvalue weighted by Gasteiger charge is -2.19. The second kappa shape index (κ2) is 6.02. The molecular weight excluding hydrogens is 268 g/mol. The molecule has 1 saturated carbocycles. The van der Waals surface area contributed by atoms with Gasteiger partial charge in [0.25, 0.3) is 0 Å². The van der Waals surface area contributed by atoms with Crippen molar-refractivity contribution in [3.8, 4) is 17.2 Å². The Morgan fingerprint density at radius 3 is 2.19 bits per heavy atom. The fourth-order valence-corrected chi connectivity index (χ4v) is 3.08. The smallest absolute Gasteiger partial charge is 0.203 e. The van der Waals surface area contributed by atoms with Crippen LogP contribution < -0.4 is 19.5 Å². The number of hydrogen-bond acceptors (Lipinski definition) is 5. The first-order valence-corrected chi connectivity index (χ1v) is 7.55. The molecule has 116 valence electrons. The fourth-order valence-electron chi connectivity index (χ4n) is 3.08. The molecule has 5 nitrogen and oxygen atoms in total. The normalized spacial score (nSPS) is 22.1. The Bertz CT molecular complexity index is 477. The van der Waals surface area contributed by atoms with Gasteiger partial charge in [-0.05, 0) is 19.3 Å². The van der Waals surface area contributed by atoms with E-state index in [0.29, 0.717) is 23.3 Å². The van der Waals surface area contributed by atoms with Gasteiger partial charge in [-0.2, -0.15) is 0 Å². The van der Waals surface area contributed by atoms with Crippen molar-refractivity contribution in [2.24, 2.45) is 0 Å². The van der Waals surface area contributed by atoms with E-state index >= 15 is 0 Å². The number of nitrogens with one attached hydrogen (secondary N) is 1. The van der Waals surface area contributed by atoms with Gasteiger partial charge in [-0.15, -0.1) is 0 Å². The average molecular weight is 292 g/mol. The van der Waals surface area contributed by atoms with Crippen LogP contribution in [0.2, 0.25) is 0 Å². The highest BCUT2D eigenvalue weighted by Crippen LogP contribution is 2.40. The summed E-state index contributed by atoms with van der Waals surface area (Å²) in [7, 11) is 4.91. The topological polar surface area (TPSA) is 43.0 Å². The van der Waals surface area contributed by atoms with Crippen LogP contribution in [0.5, 0.6) is 17.2 Å². The second-order valence-corrected chi connectivity index (χ2v) is 5.77. The van der Waals surface area contributed by atoms with E-state index in [1.807, 2.05) is 12.1 Å². The summed E-state index contributed by atoms with van der Waals surface area (Å²) in [6.45, 7) is 2.33. The Balaban J connectivity index is 1.72. The summed E-state index contributed by atoms with van der Waals surface area (Å²) in [5.74, 6) is 2.02. The molecule has 21 heavy (non-hydrogen) atoms. The van der Waals surface area contributed by atoms with Gasteiger partial charge in [-0.25, -0.2) is 0 Å². The van der Waals surface area contributed by atoms with Crippen molar-refractivity contribution in [3.63, 3.8) is 0 Å². The number of nitrogens with zero attached hydrogens (tertiary/aromatic N) is 1. The molecule has 1 atom stereocenters. The van der Waals surface area contributed by atoms with Crippen molar-refractivity contribution in [2.75, 3.05) is 39.7 Å². The Labute approximate surface area is 126 Å². The predicted octanol–water partition coefficient (Wildman–Crippen LogP) is 2.36. The van der Waals surface area contributed by atoms with Crippen LogP contribution in [0.25, 0.3) is 0 Å². The number of rotatable bonds is 6. The van der Waals surface area contributed by atoms with Gasteiger partial charge in [0.05, 0.1) is 21.3 Å². The van der Waals surface area contributed by atoms with Crippen LogP contribution in [-0.2, 0) is 0 Å². The molecule has 1 aliphatic heterocycles. The molecule has 1 aliphatic carbocycles. The van der Waals surface area contributed by atoms with Gasteiger partial charge >= 0.3 is 0 Å². The lowest BCUT2D eigenvalue weighted by Crippen LogP contribution is -2.27. The first-order chi connectivity index (χ1) is 10.2. The third-order valence-corrected chi connectivity index (χ3v) is 4.32. The molecular formula is C16H24N2O3. The SMILES string of the molecule is COc1cc(NC2CCN(C3CC3)C2)cc(OC)c1OC. The second-order valence-electron chi connectivity index (χ2n) is 5.77. The zero-order valence-corrected chi connectivity index (χ0v) is 13.0. The lowest BCUT2D eigenvalue weighted by molar-refractivity contribution is 0.323. The molecule has 1 aromatic rings. The van der Waals surface area contributed by atoms with Gasteiger partial charge in [0.15, 0.2) is 11.5 Å². The predicted molar refractivity (Wildman–Crippen MR) is 82.7 cm³/mol. The van der Waals surface area contributed by atoms with Crippen LogP contribution in [0.4, 0.5) is 5.69 Å². The largest absolute Gasteiger partial charge is 0.493 e. The van der Waals surface area contributed by atoms with E-state index in [1.165, 1.54) is 25.8 Å². The van der Waals surface area contributed by atoms with Gasteiger partial charge in [-0.1, -0.05) is 0 Å². The van der Waals surface area contributed by atoms with Crippen molar-refractivity contribution in [3.05, 3.63) is 12.1 Å². The zero-order valence-electron chi connectivity index (χ0n) is 13.0. The zero-order chi connectivity index (χ0) is 14.8. The molecule has 3 rings (SSSR count). The van der Waals surface area contributed by atoms with Crippen LogP contribution in [0.1, 0.15) is 19.3 Å². The number of benzene rings is 1. The molecule has 1 unspecified atom stereocenters. The maximum absolute atomic E-state index is 5.40. The van der Waals surface area contributed by atoms with Crippen molar-refractivity contribution >= 4 is 5.69 Å². The Kier molecular flexibility index (Phi) is 4.10. The summed E-state index contributed by atoms with van der Waals surface area (Å²) in [4.78, 5) is 2.59. The number of hydrogen-bond donors (Lipinski definition) is 1. The number of ether oxygens (including phenoxy) is 3. The van der Waals surface area contributed by atoms with Crippen molar-refractivity contribution in [1.82, 2.24) is 4.90 Å². The minimum atomic E-state index is 0.494. The Hall–Kier alpha value is -1.62. The van der Waals surface area contributed by atoms with E-state index in [4.69, 9.17) is 14.2 Å². The fraction of sp³-hybridized carbons (Fsp3) is 0.625. The summed E-state index contributed by atoms with van der Waals surface area (Å²) in [6, 6.07) is 5.28. The maximum atomic E-state index is 5.40. The minimum absolute atomic E-state index is 0.494. The molecule has 1 heterocycles. The van der Waals surface area contributed by atoms with E-state index in [-0.39, 0.29) is 0 Å². The molecule has 1 aromatic carbocycles. The van der Waals surface area contributed by atoms with Crippen molar-refractivity contribution in [2.45, 2.75) is 31.3 Å². The van der Waals surface area contributed by atoms with Gasteiger partial charge < -0.3 is 19.5 Å². The van der Waals surface area contributed by atoms with E-state index in [1.54, 1.807) is 21.3 Å². The summed E-state index contributed by atoms with van der Waals surface area (Å²) < 4.78 is 16.1. The first kappa shape index (κ1) is 14.3. The highest BCUT2D eigenvalue weighted by molar-refractivity contribution is 5.62. The van der Waals surface area contributed by atoms with E-state index in [2.05, 4.69) is 10.2 Å². The number of methoxy groups -OCH3 is 3. The Morgan fingerprint density at radius 2 is 1.67 bits per heavy atom. The molecule has 0 radical (unpaired) electrons. The molecule has 2 fully saturated rings. The Morgan fingerprint density at radius 1 is 1.00 bits per heavy atom. The highest BCUT2D eigenvalue weighted by atomic mass is 16.5. The quantitative estimate of drug-likeness (QED) is 0.872. The molecule has 5 heteroatoms. The minimum Gasteiger partial charge on any atom is -0.493 e. The first-order valence-electron chi connectivity index (χ1n) is 7.55. The van der Waals surface area contributed by atoms with Crippen LogP contribution >= 0.6 is 0 Å². The molecule has 1 saturated heterocycles. The van der Waals surface area contributed by atoms with Gasteiger partial charge in [-0.3, -0.25) is 4.90 Å². The lowest BCUT2D eigenvalue weighted by atomic mass is 10.2. The third-order valence-electron chi connectivity index (χ3n) is 4.32. The third kappa shape index (κ3) is 3.02. The average Bonchev–Trinajstić information content (AvgIpc) is 3.26. The summed E-state index contributed by atoms with van der Waals surface area (Å²) in [6.07, 6.45) is 3.93. The number of likely N-dealkylation sites (tertiary alicyclic amines) is 1. The van der Waals surface area contributed by atoms with Crippen LogP contribution in [0, 0.1) is 0 Å². The van der Waals surface area contributed by atoms with Crippen LogP contribution in [0.15, 0.2) is 12.1 Å². The van der Waals surface area contributed by atoms with E-state index < -0.39 is 0 Å². The molecule has 0 bridgehead atoms. The van der Waals surface area contributed by atoms with Gasteiger partial charge in [0.2, 0.25) is 5.75 Å². The van der Waals surface area contributed by atoms with Crippen LogP contribution in [-0.4, -0.2) is 51.4 Å². The maximum Gasteiger partial charge on any atom is 0.203 e.